The maximum Gasteiger partial charge on any atom is 0.101 e. The molecular weight excluding hydrogens is 262 g/mol. The number of anilines is 1. The minimum atomic E-state index is 0.779. The molecule has 0 spiro atoms. The van der Waals surface area contributed by atoms with E-state index in [0.717, 1.165) is 30.8 Å². The Bertz CT molecular complexity index is 692. The first-order chi connectivity index (χ1) is 8.72. The highest BCUT2D eigenvalue weighted by Gasteiger charge is 2.08. The quantitative estimate of drug-likeness (QED) is 0.723. The minimum absolute atomic E-state index is 0.779. The van der Waals surface area contributed by atoms with Gasteiger partial charge in [-0.15, -0.1) is 11.3 Å². The Morgan fingerprint density at radius 1 is 1.28 bits per heavy atom. The van der Waals surface area contributed by atoms with Crippen molar-refractivity contribution in [2.75, 3.05) is 5.73 Å². The van der Waals surface area contributed by atoms with Gasteiger partial charge in [-0.2, -0.15) is 0 Å². The molecule has 1 aromatic carbocycles. The Kier molecular flexibility index (Phi) is 2.93. The summed E-state index contributed by atoms with van der Waals surface area (Å²) in [5.74, 6) is 0. The van der Waals surface area contributed by atoms with Gasteiger partial charge in [-0.25, -0.2) is 9.97 Å². The zero-order valence-electron chi connectivity index (χ0n) is 9.75. The zero-order valence-corrected chi connectivity index (χ0v) is 11.4. The molecule has 0 amide bonds. The molecule has 90 valence electrons. The molecule has 0 saturated carbocycles. The van der Waals surface area contributed by atoms with Crippen LogP contribution >= 0.6 is 23.1 Å². The molecule has 3 nitrogen and oxygen atoms in total. The topological polar surface area (TPSA) is 51.8 Å². The average molecular weight is 273 g/mol. The second-order valence-electron chi connectivity index (χ2n) is 3.86. The third-order valence-electron chi connectivity index (χ3n) is 2.48. The van der Waals surface area contributed by atoms with Crippen molar-refractivity contribution in [3.05, 3.63) is 41.5 Å². The van der Waals surface area contributed by atoms with Crippen LogP contribution in [0.15, 0.2) is 46.5 Å². The van der Waals surface area contributed by atoms with Crippen LogP contribution < -0.4 is 5.73 Å². The smallest absolute Gasteiger partial charge is 0.101 e. The van der Waals surface area contributed by atoms with Gasteiger partial charge in [0.15, 0.2) is 0 Å². The molecule has 2 heterocycles. The van der Waals surface area contributed by atoms with E-state index in [1.807, 2.05) is 37.3 Å². The van der Waals surface area contributed by atoms with Crippen LogP contribution in [0.1, 0.15) is 5.01 Å². The van der Waals surface area contributed by atoms with Crippen molar-refractivity contribution >= 4 is 39.0 Å². The summed E-state index contributed by atoms with van der Waals surface area (Å²) in [5, 5.41) is 2.00. The number of thiazole rings is 1. The van der Waals surface area contributed by atoms with E-state index in [4.69, 9.17) is 5.73 Å². The second-order valence-corrected chi connectivity index (χ2v) is 6.16. The predicted molar refractivity (Wildman–Crippen MR) is 77.1 cm³/mol. The number of benzene rings is 1. The fourth-order valence-electron chi connectivity index (χ4n) is 1.69. The number of nitrogens with zero attached hydrogens (tertiary/aromatic N) is 2. The molecule has 3 rings (SSSR count). The Morgan fingerprint density at radius 3 is 2.94 bits per heavy atom. The maximum atomic E-state index is 6.07. The van der Waals surface area contributed by atoms with Gasteiger partial charge < -0.3 is 5.73 Å². The van der Waals surface area contributed by atoms with Crippen molar-refractivity contribution in [3.8, 4) is 0 Å². The fraction of sp³-hybridized carbons (Fsp3) is 0.0769. The number of aromatic nitrogens is 2. The molecule has 0 aliphatic rings. The molecule has 5 heteroatoms. The lowest BCUT2D eigenvalue weighted by atomic mass is 10.3. The third kappa shape index (κ3) is 2.19. The molecule has 0 fully saturated rings. The second kappa shape index (κ2) is 4.59. The summed E-state index contributed by atoms with van der Waals surface area (Å²) in [5.41, 5.74) is 7.86. The van der Waals surface area contributed by atoms with E-state index >= 15 is 0 Å². The number of hydrogen-bond donors (Lipinski definition) is 1. The van der Waals surface area contributed by atoms with E-state index < -0.39 is 0 Å². The summed E-state index contributed by atoms with van der Waals surface area (Å²) < 4.78 is 1.13. The van der Waals surface area contributed by atoms with Crippen molar-refractivity contribution in [1.82, 2.24) is 9.97 Å². The lowest BCUT2D eigenvalue weighted by molar-refractivity contribution is 1.13. The molecule has 0 radical (unpaired) electrons. The van der Waals surface area contributed by atoms with Crippen LogP contribution in [0, 0.1) is 6.92 Å². The Hall–Kier alpha value is -1.59. The molecule has 0 aliphatic carbocycles. The Balaban J connectivity index is 2.03. The summed E-state index contributed by atoms with van der Waals surface area (Å²) in [7, 11) is 0. The van der Waals surface area contributed by atoms with Crippen molar-refractivity contribution in [3.63, 3.8) is 0 Å². The van der Waals surface area contributed by atoms with Gasteiger partial charge in [-0.1, -0.05) is 17.8 Å². The Labute approximate surface area is 113 Å². The first kappa shape index (κ1) is 11.5. The van der Waals surface area contributed by atoms with Gasteiger partial charge in [-0.3, -0.25) is 0 Å². The summed E-state index contributed by atoms with van der Waals surface area (Å²) in [6.07, 6.45) is 1.78. The number of fused-ring (bicyclic) bond motifs is 1. The van der Waals surface area contributed by atoms with Gasteiger partial charge in [0.25, 0.3) is 0 Å². The molecule has 0 bridgehead atoms. The molecule has 0 saturated heterocycles. The maximum absolute atomic E-state index is 6.07. The molecule has 2 aromatic heterocycles. The van der Waals surface area contributed by atoms with Gasteiger partial charge in [0.2, 0.25) is 0 Å². The summed E-state index contributed by atoms with van der Waals surface area (Å²) in [6.45, 7) is 2.01. The van der Waals surface area contributed by atoms with Crippen LogP contribution in [0.2, 0.25) is 0 Å². The van der Waals surface area contributed by atoms with E-state index in [1.54, 1.807) is 29.3 Å². The van der Waals surface area contributed by atoms with Gasteiger partial charge in [0.1, 0.15) is 5.03 Å². The molecule has 3 aromatic rings. The van der Waals surface area contributed by atoms with E-state index in [0.29, 0.717) is 0 Å². The van der Waals surface area contributed by atoms with Crippen LogP contribution in [0.5, 0.6) is 0 Å². The molecular formula is C13H11N3S2. The number of aryl methyl sites for hydroxylation is 1. The fourth-order valence-corrected chi connectivity index (χ4v) is 3.38. The van der Waals surface area contributed by atoms with Crippen LogP contribution in [0.3, 0.4) is 0 Å². The summed E-state index contributed by atoms with van der Waals surface area (Å²) >= 11 is 3.23. The van der Waals surface area contributed by atoms with Gasteiger partial charge in [-0.05, 0) is 31.2 Å². The van der Waals surface area contributed by atoms with Crippen molar-refractivity contribution in [2.24, 2.45) is 0 Å². The highest BCUT2D eigenvalue weighted by atomic mass is 32.2. The minimum Gasteiger partial charge on any atom is -0.398 e. The standard InChI is InChI=1S/C13H11N3S2/c1-8-16-10-7-11(9(14)6-12(10)17-8)18-13-4-2-3-5-15-13/h2-7H,14H2,1H3. The molecule has 18 heavy (non-hydrogen) atoms. The zero-order chi connectivity index (χ0) is 12.5. The lowest BCUT2D eigenvalue weighted by Gasteiger charge is -2.04. The van der Waals surface area contributed by atoms with Gasteiger partial charge >= 0.3 is 0 Å². The molecule has 0 unspecified atom stereocenters. The number of rotatable bonds is 2. The van der Waals surface area contributed by atoms with E-state index in [1.165, 1.54) is 0 Å². The number of nitrogen functional groups attached to an aromatic ring is 1. The molecule has 2 N–H and O–H groups in total. The lowest BCUT2D eigenvalue weighted by Crippen LogP contribution is -1.88. The van der Waals surface area contributed by atoms with Crippen molar-refractivity contribution in [2.45, 2.75) is 16.8 Å². The van der Waals surface area contributed by atoms with E-state index in [-0.39, 0.29) is 0 Å². The van der Waals surface area contributed by atoms with E-state index in [2.05, 4.69) is 9.97 Å². The largest absolute Gasteiger partial charge is 0.398 e. The van der Waals surface area contributed by atoms with Crippen molar-refractivity contribution < 1.29 is 0 Å². The SMILES string of the molecule is Cc1nc2cc(Sc3ccccn3)c(N)cc2s1. The van der Waals surface area contributed by atoms with E-state index in [9.17, 15) is 0 Å². The first-order valence-corrected chi connectivity index (χ1v) is 7.11. The van der Waals surface area contributed by atoms with Gasteiger partial charge in [0, 0.05) is 16.8 Å². The normalized spacial score (nSPS) is 10.9. The highest BCUT2D eigenvalue weighted by molar-refractivity contribution is 7.99. The third-order valence-corrected chi connectivity index (χ3v) is 4.44. The van der Waals surface area contributed by atoms with Gasteiger partial charge in [0.05, 0.1) is 15.2 Å². The number of hydrogen-bond acceptors (Lipinski definition) is 5. The van der Waals surface area contributed by atoms with Crippen LogP contribution in [-0.4, -0.2) is 9.97 Å². The predicted octanol–water partition coefficient (Wildman–Crippen LogP) is 3.73. The number of pyridine rings is 1. The van der Waals surface area contributed by atoms with Crippen molar-refractivity contribution in [1.29, 1.82) is 0 Å². The van der Waals surface area contributed by atoms with Crippen LogP contribution in [0.4, 0.5) is 5.69 Å². The van der Waals surface area contributed by atoms with Crippen LogP contribution in [-0.2, 0) is 0 Å². The molecule has 0 atom stereocenters. The Morgan fingerprint density at radius 2 is 2.17 bits per heavy atom. The van der Waals surface area contributed by atoms with Crippen LogP contribution in [0.25, 0.3) is 10.2 Å². The number of nitrogens with two attached hydrogens (primary N) is 1. The monoisotopic (exact) mass is 273 g/mol. The first-order valence-electron chi connectivity index (χ1n) is 5.48. The average Bonchev–Trinajstić information content (AvgIpc) is 2.70. The summed E-state index contributed by atoms with van der Waals surface area (Å²) in [6, 6.07) is 9.87. The summed E-state index contributed by atoms with van der Waals surface area (Å²) in [4.78, 5) is 9.78. The highest BCUT2D eigenvalue weighted by Crippen LogP contribution is 2.35. The molecule has 0 aliphatic heterocycles.